The van der Waals surface area contributed by atoms with Crippen molar-refractivity contribution in [3.63, 3.8) is 0 Å². The van der Waals surface area contributed by atoms with E-state index in [1.165, 1.54) is 6.92 Å². The van der Waals surface area contributed by atoms with E-state index in [0.717, 1.165) is 18.2 Å². The fraction of sp³-hybridized carbons (Fsp3) is 0.167. The number of rotatable bonds is 7. The number of hydrogen-bond donors (Lipinski definition) is 2. The number of nitro benzene ring substituents is 1. The van der Waals surface area contributed by atoms with Crippen LogP contribution in [0, 0.1) is 15.9 Å². The zero-order chi connectivity index (χ0) is 20.7. The number of esters is 1. The van der Waals surface area contributed by atoms with Crippen molar-refractivity contribution in [3.8, 4) is 0 Å². The predicted octanol–water partition coefficient (Wildman–Crippen LogP) is 2.03. The molecule has 0 fully saturated rings. The van der Waals surface area contributed by atoms with Gasteiger partial charge in [-0.3, -0.25) is 19.7 Å². The summed E-state index contributed by atoms with van der Waals surface area (Å²) >= 11 is 0. The van der Waals surface area contributed by atoms with E-state index in [1.807, 2.05) is 0 Å². The van der Waals surface area contributed by atoms with Gasteiger partial charge in [-0.1, -0.05) is 18.2 Å². The van der Waals surface area contributed by atoms with E-state index < -0.39 is 46.9 Å². The van der Waals surface area contributed by atoms with E-state index in [0.29, 0.717) is 5.56 Å². The van der Waals surface area contributed by atoms with Crippen LogP contribution in [-0.2, 0) is 14.3 Å². The molecule has 2 rings (SSSR count). The maximum absolute atomic E-state index is 13.3. The Morgan fingerprint density at radius 1 is 1.18 bits per heavy atom. The number of halogens is 1. The first-order chi connectivity index (χ1) is 13.3. The number of carbonyl (C=O) groups excluding carboxylic acids is 3. The molecule has 2 amide bonds. The molecule has 0 bridgehead atoms. The molecule has 0 spiro atoms. The Balaban J connectivity index is 1.85. The first-order valence-corrected chi connectivity index (χ1v) is 8.04. The summed E-state index contributed by atoms with van der Waals surface area (Å²) < 4.78 is 18.1. The summed E-state index contributed by atoms with van der Waals surface area (Å²) in [7, 11) is 0. The summed E-state index contributed by atoms with van der Waals surface area (Å²) in [5.41, 5.74) is -0.468. The van der Waals surface area contributed by atoms with Crippen LogP contribution in [0.25, 0.3) is 0 Å². The highest BCUT2D eigenvalue weighted by Gasteiger charge is 2.20. The molecule has 0 aromatic heterocycles. The van der Waals surface area contributed by atoms with Gasteiger partial charge in [-0.25, -0.2) is 4.79 Å². The van der Waals surface area contributed by atoms with Crippen LogP contribution >= 0.6 is 0 Å². The fourth-order valence-electron chi connectivity index (χ4n) is 2.12. The zero-order valence-electron chi connectivity index (χ0n) is 14.7. The largest absolute Gasteiger partial charge is 0.454 e. The summed E-state index contributed by atoms with van der Waals surface area (Å²) in [5, 5.41) is 15.4. The first kappa shape index (κ1) is 20.5. The van der Waals surface area contributed by atoms with E-state index >= 15 is 0 Å². The topological polar surface area (TPSA) is 128 Å². The molecule has 2 N–H and O–H groups in total. The molecule has 0 aliphatic carbocycles. The Hall–Kier alpha value is -3.82. The molecule has 0 saturated carbocycles. The van der Waals surface area contributed by atoms with Crippen molar-refractivity contribution in [2.75, 3.05) is 11.9 Å². The molecule has 9 nitrogen and oxygen atoms in total. The van der Waals surface area contributed by atoms with Crippen LogP contribution in [0.1, 0.15) is 17.3 Å². The van der Waals surface area contributed by atoms with Crippen molar-refractivity contribution in [1.29, 1.82) is 0 Å². The fourth-order valence-corrected chi connectivity index (χ4v) is 2.12. The summed E-state index contributed by atoms with van der Waals surface area (Å²) in [5.74, 6) is -3.15. The molecule has 0 heterocycles. The van der Waals surface area contributed by atoms with Gasteiger partial charge in [0.15, 0.2) is 6.61 Å². The van der Waals surface area contributed by atoms with Crippen LogP contribution in [-0.4, -0.2) is 35.4 Å². The summed E-state index contributed by atoms with van der Waals surface area (Å²) in [6.45, 7) is 0.708. The number of nitrogens with zero attached hydrogens (tertiary/aromatic N) is 1. The average Bonchev–Trinajstić information content (AvgIpc) is 2.67. The number of amides is 2. The Kier molecular flexibility index (Phi) is 6.74. The molecule has 0 aliphatic heterocycles. The Labute approximate surface area is 158 Å². The van der Waals surface area contributed by atoms with Gasteiger partial charge in [0.25, 0.3) is 11.8 Å². The van der Waals surface area contributed by atoms with Gasteiger partial charge < -0.3 is 15.4 Å². The highest BCUT2D eigenvalue weighted by Crippen LogP contribution is 2.21. The summed E-state index contributed by atoms with van der Waals surface area (Å²) in [4.78, 5) is 45.4. The first-order valence-electron chi connectivity index (χ1n) is 8.04. The SMILES string of the molecule is C[C@H](NC(=O)c1ccccc1)C(=O)OCC(=O)Nc1ccc(F)c([N+](=O)[O-])c1. The lowest BCUT2D eigenvalue weighted by molar-refractivity contribution is -0.387. The lowest BCUT2D eigenvalue weighted by atomic mass is 10.2. The third-order valence-electron chi connectivity index (χ3n) is 3.51. The molecule has 146 valence electrons. The van der Waals surface area contributed by atoms with Crippen LogP contribution in [0.5, 0.6) is 0 Å². The van der Waals surface area contributed by atoms with Gasteiger partial charge in [0.1, 0.15) is 6.04 Å². The van der Waals surface area contributed by atoms with E-state index in [1.54, 1.807) is 30.3 Å². The molecule has 10 heteroatoms. The highest BCUT2D eigenvalue weighted by atomic mass is 19.1. The van der Waals surface area contributed by atoms with E-state index in [9.17, 15) is 28.9 Å². The molecular weight excluding hydrogens is 373 g/mol. The predicted molar refractivity (Wildman–Crippen MR) is 96.0 cm³/mol. The monoisotopic (exact) mass is 389 g/mol. The van der Waals surface area contributed by atoms with Gasteiger partial charge in [-0.2, -0.15) is 4.39 Å². The van der Waals surface area contributed by atoms with E-state index in [2.05, 4.69) is 10.6 Å². The van der Waals surface area contributed by atoms with Crippen LogP contribution in [0.15, 0.2) is 48.5 Å². The molecule has 28 heavy (non-hydrogen) atoms. The smallest absolute Gasteiger partial charge is 0.328 e. The van der Waals surface area contributed by atoms with Crippen molar-refractivity contribution >= 4 is 29.2 Å². The highest BCUT2D eigenvalue weighted by molar-refractivity contribution is 5.97. The molecular formula is C18H16FN3O6. The third kappa shape index (κ3) is 5.59. The molecule has 0 radical (unpaired) electrons. The van der Waals surface area contributed by atoms with Crippen LogP contribution < -0.4 is 10.6 Å². The van der Waals surface area contributed by atoms with Crippen LogP contribution in [0.3, 0.4) is 0 Å². The summed E-state index contributed by atoms with van der Waals surface area (Å²) in [6.07, 6.45) is 0. The van der Waals surface area contributed by atoms with Gasteiger partial charge in [-0.15, -0.1) is 0 Å². The zero-order valence-corrected chi connectivity index (χ0v) is 14.7. The van der Waals surface area contributed by atoms with Crippen LogP contribution in [0.4, 0.5) is 15.8 Å². The van der Waals surface area contributed by atoms with Gasteiger partial charge in [0.2, 0.25) is 5.82 Å². The molecule has 2 aromatic rings. The number of nitrogens with one attached hydrogen (secondary N) is 2. The normalized spacial score (nSPS) is 11.2. The minimum atomic E-state index is -1.04. The summed E-state index contributed by atoms with van der Waals surface area (Å²) in [6, 6.07) is 10.0. The molecule has 0 aliphatic rings. The molecule has 0 unspecified atom stereocenters. The maximum Gasteiger partial charge on any atom is 0.328 e. The number of ether oxygens (including phenoxy) is 1. The minimum absolute atomic E-state index is 0.0282. The second-order valence-corrected chi connectivity index (χ2v) is 5.64. The minimum Gasteiger partial charge on any atom is -0.454 e. The second-order valence-electron chi connectivity index (χ2n) is 5.64. The number of anilines is 1. The van der Waals surface area contributed by atoms with Gasteiger partial charge in [-0.05, 0) is 31.2 Å². The maximum atomic E-state index is 13.3. The van der Waals surface area contributed by atoms with Gasteiger partial charge in [0.05, 0.1) is 4.92 Å². The van der Waals surface area contributed by atoms with Crippen molar-refractivity contribution in [2.24, 2.45) is 0 Å². The lowest BCUT2D eigenvalue weighted by Gasteiger charge is -2.13. The van der Waals surface area contributed by atoms with Gasteiger partial charge >= 0.3 is 11.7 Å². The molecule has 2 aromatic carbocycles. The van der Waals surface area contributed by atoms with E-state index in [-0.39, 0.29) is 5.69 Å². The van der Waals surface area contributed by atoms with Crippen LogP contribution in [0.2, 0.25) is 0 Å². The Morgan fingerprint density at radius 2 is 1.86 bits per heavy atom. The van der Waals surface area contributed by atoms with Gasteiger partial charge in [0, 0.05) is 17.3 Å². The molecule has 0 saturated heterocycles. The number of nitro groups is 1. The Morgan fingerprint density at radius 3 is 2.50 bits per heavy atom. The average molecular weight is 389 g/mol. The van der Waals surface area contributed by atoms with Crippen molar-refractivity contribution < 1.29 is 28.4 Å². The lowest BCUT2D eigenvalue weighted by Crippen LogP contribution is -2.40. The van der Waals surface area contributed by atoms with Crippen molar-refractivity contribution in [3.05, 3.63) is 70.0 Å². The second kappa shape index (κ2) is 9.21. The van der Waals surface area contributed by atoms with E-state index in [4.69, 9.17) is 4.74 Å². The third-order valence-corrected chi connectivity index (χ3v) is 3.51. The standard InChI is InChI=1S/C18H16FN3O6/c1-11(20-17(24)12-5-3-2-4-6-12)18(25)28-10-16(23)21-13-7-8-14(19)15(9-13)22(26)27/h2-9,11H,10H2,1H3,(H,20,24)(H,21,23)/t11-/m0/s1. The quantitative estimate of drug-likeness (QED) is 0.424. The molecule has 1 atom stereocenters. The van der Waals surface area contributed by atoms with Crippen molar-refractivity contribution in [1.82, 2.24) is 5.32 Å². The number of hydrogen-bond acceptors (Lipinski definition) is 6. The van der Waals surface area contributed by atoms with Crippen molar-refractivity contribution in [2.45, 2.75) is 13.0 Å². The number of benzene rings is 2. The number of carbonyl (C=O) groups is 3. The Bertz CT molecular complexity index is 903.